The number of sulfonamides is 1. The van der Waals surface area contributed by atoms with E-state index in [2.05, 4.69) is 15.9 Å². The van der Waals surface area contributed by atoms with Crippen molar-refractivity contribution in [2.24, 2.45) is 0 Å². The molecule has 1 saturated heterocycles. The summed E-state index contributed by atoms with van der Waals surface area (Å²) in [5.74, 6) is 0. The number of anilines is 1. The Kier molecular flexibility index (Phi) is 6.39. The monoisotopic (exact) mass is 521 g/mol. The number of rotatable bonds is 3. The van der Waals surface area contributed by atoms with Crippen LogP contribution in [0, 0.1) is 11.3 Å². The van der Waals surface area contributed by atoms with E-state index in [-0.39, 0.29) is 40.8 Å². The van der Waals surface area contributed by atoms with Crippen LogP contribution in [0.15, 0.2) is 45.8 Å². The van der Waals surface area contributed by atoms with E-state index in [1.165, 1.54) is 33.5 Å². The lowest BCUT2D eigenvalue weighted by atomic mass is 10.1. The van der Waals surface area contributed by atoms with Gasteiger partial charge in [-0.15, -0.1) is 0 Å². The Morgan fingerprint density at radius 3 is 2.47 bits per heavy atom. The maximum Gasteiger partial charge on any atom is 0.418 e. The molecule has 0 radical (unpaired) electrons. The molecule has 0 spiro atoms. The number of benzene rings is 2. The SMILES string of the molecule is C[C@@H]1CN(c2ccc(C#N)cc2C(F)(F)F)CCN1S(=O)(=O)c1ccc(Br)cc1Cl. The molecule has 1 atom stereocenters. The summed E-state index contributed by atoms with van der Waals surface area (Å²) in [5.41, 5.74) is -1.08. The van der Waals surface area contributed by atoms with Crippen molar-refractivity contribution in [3.8, 4) is 6.07 Å². The van der Waals surface area contributed by atoms with Crippen LogP contribution < -0.4 is 4.90 Å². The first-order chi connectivity index (χ1) is 13.9. The third kappa shape index (κ3) is 4.44. The first kappa shape index (κ1) is 22.9. The van der Waals surface area contributed by atoms with E-state index in [9.17, 15) is 21.6 Å². The fourth-order valence-electron chi connectivity index (χ4n) is 3.44. The van der Waals surface area contributed by atoms with Crippen LogP contribution in [0.3, 0.4) is 0 Å². The van der Waals surface area contributed by atoms with E-state index in [0.717, 1.165) is 6.07 Å². The molecule has 1 aliphatic heterocycles. The standard InChI is InChI=1S/C19H16BrClF3N3O2S/c1-12-11-26(17-4-2-13(10-25)8-15(17)19(22,23)24)6-7-27(12)30(28,29)18-5-3-14(20)9-16(18)21/h2-5,8-9,12H,6-7,11H2,1H3/t12-/m1/s1. The number of hydrogen-bond donors (Lipinski definition) is 0. The zero-order chi connectivity index (χ0) is 22.3. The summed E-state index contributed by atoms with van der Waals surface area (Å²) in [5, 5.41) is 8.99. The number of piperazine rings is 1. The van der Waals surface area contributed by atoms with Crippen LogP contribution in [0.4, 0.5) is 18.9 Å². The van der Waals surface area contributed by atoms with Crippen molar-refractivity contribution in [2.75, 3.05) is 24.5 Å². The van der Waals surface area contributed by atoms with Gasteiger partial charge >= 0.3 is 6.18 Å². The van der Waals surface area contributed by atoms with Gasteiger partial charge in [-0.3, -0.25) is 0 Å². The number of nitriles is 1. The van der Waals surface area contributed by atoms with Crippen LogP contribution in [0.25, 0.3) is 0 Å². The van der Waals surface area contributed by atoms with Crippen LogP contribution in [0.5, 0.6) is 0 Å². The van der Waals surface area contributed by atoms with E-state index in [4.69, 9.17) is 16.9 Å². The second-order valence-electron chi connectivity index (χ2n) is 6.83. The minimum atomic E-state index is -4.64. The molecule has 0 aromatic heterocycles. The van der Waals surface area contributed by atoms with E-state index in [0.29, 0.717) is 4.47 Å². The molecule has 0 saturated carbocycles. The van der Waals surface area contributed by atoms with Gasteiger partial charge in [0.1, 0.15) is 4.90 Å². The van der Waals surface area contributed by atoms with Gasteiger partial charge in [0.15, 0.2) is 0 Å². The quantitative estimate of drug-likeness (QED) is 0.576. The lowest BCUT2D eigenvalue weighted by Crippen LogP contribution is -2.54. The topological polar surface area (TPSA) is 64.4 Å². The Morgan fingerprint density at radius 1 is 1.20 bits per heavy atom. The molecule has 1 aliphatic rings. The van der Waals surface area contributed by atoms with Gasteiger partial charge in [-0.1, -0.05) is 27.5 Å². The summed E-state index contributed by atoms with van der Waals surface area (Å²) in [6.07, 6.45) is -4.64. The fourth-order valence-corrected chi connectivity index (χ4v) is 6.06. The molecule has 0 amide bonds. The Hall–Kier alpha value is -1.80. The van der Waals surface area contributed by atoms with Crippen molar-refractivity contribution in [2.45, 2.75) is 24.0 Å². The second-order valence-corrected chi connectivity index (χ2v) is 10.0. The molecule has 2 aromatic rings. The highest BCUT2D eigenvalue weighted by Gasteiger charge is 2.39. The molecule has 2 aromatic carbocycles. The lowest BCUT2D eigenvalue weighted by Gasteiger charge is -2.41. The van der Waals surface area contributed by atoms with E-state index < -0.39 is 27.8 Å². The molecule has 0 N–H and O–H groups in total. The molecule has 5 nitrogen and oxygen atoms in total. The predicted molar refractivity (Wildman–Crippen MR) is 111 cm³/mol. The largest absolute Gasteiger partial charge is 0.418 e. The van der Waals surface area contributed by atoms with Gasteiger partial charge in [0, 0.05) is 35.8 Å². The number of halogens is 5. The molecule has 30 heavy (non-hydrogen) atoms. The van der Waals surface area contributed by atoms with Gasteiger partial charge in [0.25, 0.3) is 0 Å². The summed E-state index contributed by atoms with van der Waals surface area (Å²) < 4.78 is 68.6. The first-order valence-electron chi connectivity index (χ1n) is 8.78. The van der Waals surface area contributed by atoms with Crippen molar-refractivity contribution >= 4 is 43.2 Å². The van der Waals surface area contributed by atoms with Crippen LogP contribution >= 0.6 is 27.5 Å². The summed E-state index contributed by atoms with van der Waals surface area (Å²) in [4.78, 5) is 1.44. The molecule has 1 heterocycles. The number of nitrogens with zero attached hydrogens (tertiary/aromatic N) is 3. The molecule has 0 bridgehead atoms. The molecule has 11 heteroatoms. The average molecular weight is 523 g/mol. The van der Waals surface area contributed by atoms with Crippen molar-refractivity contribution in [3.63, 3.8) is 0 Å². The normalized spacial score (nSPS) is 18.3. The first-order valence-corrected chi connectivity index (χ1v) is 11.4. The highest BCUT2D eigenvalue weighted by molar-refractivity contribution is 9.10. The van der Waals surface area contributed by atoms with Gasteiger partial charge < -0.3 is 4.90 Å². The average Bonchev–Trinajstić information content (AvgIpc) is 2.66. The Balaban J connectivity index is 1.90. The van der Waals surface area contributed by atoms with Crippen molar-refractivity contribution in [1.82, 2.24) is 4.31 Å². The van der Waals surface area contributed by atoms with Gasteiger partial charge in [0.05, 0.1) is 22.2 Å². The summed E-state index contributed by atoms with van der Waals surface area (Å²) in [6, 6.07) is 8.92. The van der Waals surface area contributed by atoms with Gasteiger partial charge in [0.2, 0.25) is 10.0 Å². The minimum Gasteiger partial charge on any atom is -0.368 e. The Labute approximate surface area is 185 Å². The molecular formula is C19H16BrClF3N3O2S. The number of hydrogen-bond acceptors (Lipinski definition) is 4. The molecule has 1 fully saturated rings. The molecular weight excluding hydrogens is 507 g/mol. The summed E-state index contributed by atoms with van der Waals surface area (Å²) in [7, 11) is -3.92. The second kappa shape index (κ2) is 8.38. The maximum atomic E-state index is 13.5. The van der Waals surface area contributed by atoms with E-state index >= 15 is 0 Å². The van der Waals surface area contributed by atoms with Crippen LogP contribution in [-0.2, 0) is 16.2 Å². The number of alkyl halides is 3. The third-order valence-electron chi connectivity index (χ3n) is 4.82. The van der Waals surface area contributed by atoms with Gasteiger partial charge in [-0.2, -0.15) is 22.7 Å². The van der Waals surface area contributed by atoms with E-state index in [1.807, 2.05) is 0 Å². The van der Waals surface area contributed by atoms with Gasteiger partial charge in [-0.25, -0.2) is 8.42 Å². The van der Waals surface area contributed by atoms with Crippen molar-refractivity contribution < 1.29 is 21.6 Å². The zero-order valence-electron chi connectivity index (χ0n) is 15.6. The van der Waals surface area contributed by atoms with E-state index in [1.54, 1.807) is 19.1 Å². The van der Waals surface area contributed by atoms with Crippen LogP contribution in [-0.4, -0.2) is 38.4 Å². The molecule has 160 valence electrons. The van der Waals surface area contributed by atoms with Crippen molar-refractivity contribution in [1.29, 1.82) is 5.26 Å². The Bertz CT molecular complexity index is 1120. The fraction of sp³-hybridized carbons (Fsp3) is 0.316. The smallest absolute Gasteiger partial charge is 0.368 e. The summed E-state index contributed by atoms with van der Waals surface area (Å²) >= 11 is 9.33. The highest BCUT2D eigenvalue weighted by atomic mass is 79.9. The maximum absolute atomic E-state index is 13.5. The minimum absolute atomic E-state index is 0.00675. The molecule has 0 aliphatic carbocycles. The summed E-state index contributed by atoms with van der Waals surface area (Å²) in [6.45, 7) is 1.75. The Morgan fingerprint density at radius 2 is 1.90 bits per heavy atom. The molecule has 0 unspecified atom stereocenters. The molecule has 3 rings (SSSR count). The van der Waals surface area contributed by atoms with Gasteiger partial charge in [-0.05, 0) is 43.3 Å². The third-order valence-corrected chi connectivity index (χ3v) is 7.81. The predicted octanol–water partition coefficient (Wildman–Crippen LogP) is 4.89. The van der Waals surface area contributed by atoms with Crippen LogP contribution in [0.2, 0.25) is 5.02 Å². The zero-order valence-corrected chi connectivity index (χ0v) is 18.8. The van der Waals surface area contributed by atoms with Crippen LogP contribution in [0.1, 0.15) is 18.1 Å². The lowest BCUT2D eigenvalue weighted by molar-refractivity contribution is -0.137. The van der Waals surface area contributed by atoms with Crippen molar-refractivity contribution in [3.05, 3.63) is 57.0 Å². The highest BCUT2D eigenvalue weighted by Crippen LogP contribution is 2.38.